The van der Waals surface area contributed by atoms with E-state index < -0.39 is 0 Å². The van der Waals surface area contributed by atoms with Crippen molar-refractivity contribution in [2.75, 3.05) is 18.8 Å². The van der Waals surface area contributed by atoms with Gasteiger partial charge in [-0.2, -0.15) is 16.9 Å². The Kier molecular flexibility index (Phi) is 4.35. The topological polar surface area (TPSA) is 47.1 Å². The Balaban J connectivity index is 2.25. The van der Waals surface area contributed by atoms with E-state index in [-0.39, 0.29) is 0 Å². The van der Waals surface area contributed by atoms with Gasteiger partial charge in [0.25, 0.3) is 0 Å². The van der Waals surface area contributed by atoms with Crippen molar-refractivity contribution in [3.63, 3.8) is 0 Å². The zero-order valence-corrected chi connectivity index (χ0v) is 12.6. The summed E-state index contributed by atoms with van der Waals surface area (Å²) in [5, 5.41) is 5.02. The Bertz CT molecular complexity index is 404. The highest BCUT2D eigenvalue weighted by molar-refractivity contribution is 8.00. The van der Waals surface area contributed by atoms with Crippen molar-refractivity contribution in [3.8, 4) is 0 Å². The normalized spacial score (nSPS) is 27.4. The maximum absolute atomic E-state index is 6.04. The van der Waals surface area contributed by atoms with E-state index in [4.69, 9.17) is 5.73 Å². The van der Waals surface area contributed by atoms with E-state index in [1.165, 1.54) is 17.0 Å². The van der Waals surface area contributed by atoms with E-state index in [0.717, 1.165) is 6.54 Å². The molecule has 2 rings (SSSR count). The molecular weight excluding hydrogens is 244 g/mol. The molecule has 0 aliphatic carbocycles. The second kappa shape index (κ2) is 5.63. The Morgan fingerprint density at radius 2 is 2.28 bits per heavy atom. The Morgan fingerprint density at radius 1 is 1.56 bits per heavy atom. The number of nitrogens with zero attached hydrogens (tertiary/aromatic N) is 3. The molecule has 3 unspecified atom stereocenters. The molecule has 2 N–H and O–H groups in total. The average Bonchev–Trinajstić information content (AvgIpc) is 2.68. The second-order valence-corrected chi connectivity index (χ2v) is 6.60. The van der Waals surface area contributed by atoms with Gasteiger partial charge in [0, 0.05) is 48.4 Å². The highest BCUT2D eigenvalue weighted by Gasteiger charge is 2.32. The first-order chi connectivity index (χ1) is 8.56. The van der Waals surface area contributed by atoms with Gasteiger partial charge in [-0.25, -0.2) is 0 Å². The molecule has 1 saturated heterocycles. The number of aryl methyl sites for hydroxylation is 1. The fourth-order valence-corrected chi connectivity index (χ4v) is 3.80. The molecular formula is C13H24N4S. The van der Waals surface area contributed by atoms with Crippen LogP contribution in [-0.4, -0.2) is 44.8 Å². The summed E-state index contributed by atoms with van der Waals surface area (Å²) >= 11 is 2.06. The van der Waals surface area contributed by atoms with Crippen molar-refractivity contribution in [2.24, 2.45) is 12.8 Å². The first kappa shape index (κ1) is 13.9. The molecule has 102 valence electrons. The Hall–Kier alpha value is -0.520. The first-order valence-corrected chi connectivity index (χ1v) is 7.67. The third-order valence-corrected chi connectivity index (χ3v) is 5.53. The van der Waals surface area contributed by atoms with Crippen LogP contribution in [-0.2, 0) is 7.05 Å². The van der Waals surface area contributed by atoms with Crippen molar-refractivity contribution in [1.82, 2.24) is 14.7 Å². The van der Waals surface area contributed by atoms with Crippen LogP contribution in [0, 0.1) is 6.92 Å². The number of rotatable bonds is 3. The third-order valence-electron chi connectivity index (χ3n) is 4.19. The molecule has 2 heterocycles. The molecule has 1 aromatic rings. The molecule has 4 nitrogen and oxygen atoms in total. The van der Waals surface area contributed by atoms with E-state index in [9.17, 15) is 0 Å². The molecule has 1 fully saturated rings. The minimum Gasteiger partial charge on any atom is -0.329 e. The highest BCUT2D eigenvalue weighted by atomic mass is 32.2. The SMILES string of the molecule is Cc1c(C(CN)N2CCSC(C)C2C)cnn1C. The van der Waals surface area contributed by atoms with Gasteiger partial charge in [-0.05, 0) is 13.8 Å². The zero-order valence-electron chi connectivity index (χ0n) is 11.8. The quantitative estimate of drug-likeness (QED) is 0.903. The van der Waals surface area contributed by atoms with Gasteiger partial charge in [0.15, 0.2) is 0 Å². The predicted molar refractivity (Wildman–Crippen MR) is 77.8 cm³/mol. The summed E-state index contributed by atoms with van der Waals surface area (Å²) in [6.45, 7) is 8.52. The number of aromatic nitrogens is 2. The lowest BCUT2D eigenvalue weighted by Crippen LogP contribution is -2.48. The Labute approximate surface area is 114 Å². The fourth-order valence-electron chi connectivity index (χ4n) is 2.68. The fraction of sp³-hybridized carbons (Fsp3) is 0.769. The van der Waals surface area contributed by atoms with Crippen LogP contribution in [0.3, 0.4) is 0 Å². The summed E-state index contributed by atoms with van der Waals surface area (Å²) in [6.07, 6.45) is 1.98. The van der Waals surface area contributed by atoms with E-state index in [1.54, 1.807) is 0 Å². The van der Waals surface area contributed by atoms with Crippen molar-refractivity contribution in [3.05, 3.63) is 17.5 Å². The van der Waals surface area contributed by atoms with Crippen LogP contribution in [0.4, 0.5) is 0 Å². The van der Waals surface area contributed by atoms with Crippen molar-refractivity contribution in [1.29, 1.82) is 0 Å². The number of nitrogens with two attached hydrogens (primary N) is 1. The molecule has 0 aromatic carbocycles. The second-order valence-electron chi connectivity index (χ2n) is 5.11. The highest BCUT2D eigenvalue weighted by Crippen LogP contribution is 2.32. The van der Waals surface area contributed by atoms with Gasteiger partial charge >= 0.3 is 0 Å². The van der Waals surface area contributed by atoms with E-state index in [1.807, 2.05) is 17.9 Å². The van der Waals surface area contributed by atoms with E-state index in [0.29, 0.717) is 23.9 Å². The minimum atomic E-state index is 0.303. The molecule has 3 atom stereocenters. The molecule has 0 bridgehead atoms. The number of hydrogen-bond acceptors (Lipinski definition) is 4. The number of thioether (sulfide) groups is 1. The van der Waals surface area contributed by atoms with Crippen LogP contribution in [0.1, 0.15) is 31.1 Å². The molecule has 0 radical (unpaired) electrons. The lowest BCUT2D eigenvalue weighted by Gasteiger charge is -2.42. The molecule has 1 aromatic heterocycles. The molecule has 5 heteroatoms. The lowest BCUT2D eigenvalue weighted by molar-refractivity contribution is 0.150. The van der Waals surface area contributed by atoms with E-state index >= 15 is 0 Å². The largest absolute Gasteiger partial charge is 0.329 e. The summed E-state index contributed by atoms with van der Waals surface area (Å²) in [4.78, 5) is 2.55. The van der Waals surface area contributed by atoms with Crippen LogP contribution in [0.5, 0.6) is 0 Å². The molecule has 1 aliphatic rings. The van der Waals surface area contributed by atoms with Crippen LogP contribution >= 0.6 is 11.8 Å². The summed E-state index contributed by atoms with van der Waals surface area (Å²) in [6, 6.07) is 0.869. The van der Waals surface area contributed by atoms with Gasteiger partial charge in [0.05, 0.1) is 12.2 Å². The molecule has 1 aliphatic heterocycles. The zero-order chi connectivity index (χ0) is 13.3. The van der Waals surface area contributed by atoms with E-state index in [2.05, 4.69) is 42.5 Å². The van der Waals surface area contributed by atoms with Gasteiger partial charge in [-0.15, -0.1) is 0 Å². The average molecular weight is 268 g/mol. The van der Waals surface area contributed by atoms with Gasteiger partial charge < -0.3 is 5.73 Å². The molecule has 0 spiro atoms. The minimum absolute atomic E-state index is 0.303. The van der Waals surface area contributed by atoms with Crippen molar-refractivity contribution < 1.29 is 0 Å². The predicted octanol–water partition coefficient (Wildman–Crippen LogP) is 1.55. The standard InChI is InChI=1S/C13H24N4S/c1-9-11(3)18-6-5-17(9)13(7-14)12-8-15-16(4)10(12)2/h8-9,11,13H,5-7,14H2,1-4H3. The van der Waals surface area contributed by atoms with Gasteiger partial charge in [0.1, 0.15) is 0 Å². The van der Waals surface area contributed by atoms with Crippen molar-refractivity contribution in [2.45, 2.75) is 38.1 Å². The van der Waals surface area contributed by atoms with Crippen LogP contribution in [0.15, 0.2) is 6.20 Å². The van der Waals surface area contributed by atoms with Crippen molar-refractivity contribution >= 4 is 11.8 Å². The lowest BCUT2D eigenvalue weighted by atomic mass is 10.0. The van der Waals surface area contributed by atoms with Gasteiger partial charge in [-0.3, -0.25) is 9.58 Å². The molecule has 18 heavy (non-hydrogen) atoms. The summed E-state index contributed by atoms with van der Waals surface area (Å²) in [7, 11) is 1.99. The van der Waals surface area contributed by atoms with Crippen LogP contribution < -0.4 is 5.73 Å². The van der Waals surface area contributed by atoms with Gasteiger partial charge in [-0.1, -0.05) is 6.92 Å². The van der Waals surface area contributed by atoms with Crippen LogP contribution in [0.25, 0.3) is 0 Å². The van der Waals surface area contributed by atoms with Crippen LogP contribution in [0.2, 0.25) is 0 Å². The monoisotopic (exact) mass is 268 g/mol. The maximum atomic E-state index is 6.04. The molecule has 0 saturated carbocycles. The Morgan fingerprint density at radius 3 is 2.83 bits per heavy atom. The molecule has 0 amide bonds. The summed E-state index contributed by atoms with van der Waals surface area (Å²) in [5.74, 6) is 1.20. The maximum Gasteiger partial charge on any atom is 0.0540 e. The smallest absolute Gasteiger partial charge is 0.0540 e. The summed E-state index contributed by atoms with van der Waals surface area (Å²) in [5.41, 5.74) is 8.54. The third kappa shape index (κ3) is 2.44. The van der Waals surface area contributed by atoms with Gasteiger partial charge in [0.2, 0.25) is 0 Å². The summed E-state index contributed by atoms with van der Waals surface area (Å²) < 4.78 is 1.94. The first-order valence-electron chi connectivity index (χ1n) is 6.62. The number of hydrogen-bond donors (Lipinski definition) is 1.